The zero-order chi connectivity index (χ0) is 13.1. The van der Waals surface area contributed by atoms with Crippen LogP contribution in [0.2, 0.25) is 5.02 Å². The van der Waals surface area contributed by atoms with Crippen molar-refractivity contribution in [3.63, 3.8) is 0 Å². The minimum Gasteiger partial charge on any atom is -0.322 e. The van der Waals surface area contributed by atoms with E-state index in [1.807, 2.05) is 13.0 Å². The second-order valence-corrected chi connectivity index (χ2v) is 4.33. The third-order valence-electron chi connectivity index (χ3n) is 2.54. The van der Waals surface area contributed by atoms with Gasteiger partial charge in [0.25, 0.3) is 5.91 Å². The highest BCUT2D eigenvalue weighted by molar-refractivity contribution is 6.31. The molecule has 2 nitrogen and oxygen atoms in total. The molecule has 4 heteroatoms. The predicted octanol–water partition coefficient (Wildman–Crippen LogP) is 4.04. The van der Waals surface area contributed by atoms with Gasteiger partial charge in [-0.1, -0.05) is 17.7 Å². The van der Waals surface area contributed by atoms with Gasteiger partial charge in [-0.05, 0) is 48.9 Å². The summed E-state index contributed by atoms with van der Waals surface area (Å²) in [6.07, 6.45) is 0. The fourth-order valence-corrected chi connectivity index (χ4v) is 1.66. The van der Waals surface area contributed by atoms with Crippen LogP contribution in [0.5, 0.6) is 0 Å². The molecule has 0 aliphatic carbocycles. The van der Waals surface area contributed by atoms with Gasteiger partial charge in [-0.2, -0.15) is 0 Å². The molecule has 92 valence electrons. The molecular formula is C14H11ClFNO. The lowest BCUT2D eigenvalue weighted by atomic mass is 10.2. The maximum absolute atomic E-state index is 12.7. The number of hydrogen-bond donors (Lipinski definition) is 1. The van der Waals surface area contributed by atoms with Gasteiger partial charge in [0.1, 0.15) is 5.82 Å². The summed E-state index contributed by atoms with van der Waals surface area (Å²) in [5.74, 6) is -0.667. The van der Waals surface area contributed by atoms with Gasteiger partial charge in [0.15, 0.2) is 0 Å². The SMILES string of the molecule is Cc1ccc(NC(=O)c2ccc(F)cc2)cc1Cl. The Morgan fingerprint density at radius 3 is 2.44 bits per heavy atom. The van der Waals surface area contributed by atoms with Crippen molar-refractivity contribution in [1.82, 2.24) is 0 Å². The third kappa shape index (κ3) is 2.87. The van der Waals surface area contributed by atoms with Crippen LogP contribution < -0.4 is 5.32 Å². The third-order valence-corrected chi connectivity index (χ3v) is 2.94. The molecule has 0 fully saturated rings. The van der Waals surface area contributed by atoms with E-state index in [1.54, 1.807) is 12.1 Å². The Balaban J connectivity index is 2.16. The van der Waals surface area contributed by atoms with Crippen LogP contribution in [0, 0.1) is 12.7 Å². The zero-order valence-electron chi connectivity index (χ0n) is 9.71. The molecule has 0 aliphatic rings. The number of benzene rings is 2. The predicted molar refractivity (Wildman–Crippen MR) is 70.5 cm³/mol. The van der Waals surface area contributed by atoms with E-state index in [0.717, 1.165) is 5.56 Å². The van der Waals surface area contributed by atoms with Gasteiger partial charge in [0, 0.05) is 16.3 Å². The fraction of sp³-hybridized carbons (Fsp3) is 0.0714. The van der Waals surface area contributed by atoms with E-state index < -0.39 is 0 Å². The minimum absolute atomic E-state index is 0.296. The number of halogens is 2. The molecule has 18 heavy (non-hydrogen) atoms. The summed E-state index contributed by atoms with van der Waals surface area (Å²) in [5.41, 5.74) is 1.95. The molecule has 2 aromatic rings. The first-order chi connectivity index (χ1) is 8.56. The Bertz CT molecular complexity index is 581. The first-order valence-electron chi connectivity index (χ1n) is 5.39. The molecule has 0 aromatic heterocycles. The number of anilines is 1. The van der Waals surface area contributed by atoms with E-state index in [9.17, 15) is 9.18 Å². The molecule has 0 bridgehead atoms. The van der Waals surface area contributed by atoms with Gasteiger partial charge in [-0.15, -0.1) is 0 Å². The van der Waals surface area contributed by atoms with E-state index in [1.165, 1.54) is 24.3 Å². The van der Waals surface area contributed by atoms with Gasteiger partial charge in [0.2, 0.25) is 0 Å². The van der Waals surface area contributed by atoms with Gasteiger partial charge < -0.3 is 5.32 Å². The van der Waals surface area contributed by atoms with Crippen molar-refractivity contribution >= 4 is 23.2 Å². The van der Waals surface area contributed by atoms with Crippen LogP contribution in [-0.2, 0) is 0 Å². The van der Waals surface area contributed by atoms with E-state index in [4.69, 9.17) is 11.6 Å². The zero-order valence-corrected chi connectivity index (χ0v) is 10.5. The van der Waals surface area contributed by atoms with Crippen LogP contribution in [-0.4, -0.2) is 5.91 Å². The Hall–Kier alpha value is -1.87. The molecule has 0 saturated heterocycles. The molecular weight excluding hydrogens is 253 g/mol. The van der Waals surface area contributed by atoms with Crippen molar-refractivity contribution < 1.29 is 9.18 Å². The summed E-state index contributed by atoms with van der Waals surface area (Å²) in [4.78, 5) is 11.8. The van der Waals surface area contributed by atoms with E-state index in [-0.39, 0.29) is 11.7 Å². The highest BCUT2D eigenvalue weighted by atomic mass is 35.5. The van der Waals surface area contributed by atoms with Gasteiger partial charge in [0.05, 0.1) is 0 Å². The number of rotatable bonds is 2. The maximum atomic E-state index is 12.7. The number of amides is 1. The Morgan fingerprint density at radius 1 is 1.17 bits per heavy atom. The molecule has 0 heterocycles. The van der Waals surface area contributed by atoms with E-state index >= 15 is 0 Å². The first kappa shape index (κ1) is 12.6. The molecule has 0 spiro atoms. The van der Waals surface area contributed by atoms with Crippen LogP contribution in [0.25, 0.3) is 0 Å². The Labute approximate surface area is 109 Å². The number of hydrogen-bond acceptors (Lipinski definition) is 1. The molecule has 1 N–H and O–H groups in total. The molecule has 0 saturated carbocycles. The quantitative estimate of drug-likeness (QED) is 0.870. The number of nitrogens with one attached hydrogen (secondary N) is 1. The summed E-state index contributed by atoms with van der Waals surface area (Å²) in [6, 6.07) is 10.6. The summed E-state index contributed by atoms with van der Waals surface area (Å²) in [7, 11) is 0. The topological polar surface area (TPSA) is 29.1 Å². The highest BCUT2D eigenvalue weighted by Gasteiger charge is 2.06. The lowest BCUT2D eigenvalue weighted by molar-refractivity contribution is 0.102. The van der Waals surface area contributed by atoms with Crippen molar-refractivity contribution in [3.8, 4) is 0 Å². The second-order valence-electron chi connectivity index (χ2n) is 3.92. The highest BCUT2D eigenvalue weighted by Crippen LogP contribution is 2.20. The van der Waals surface area contributed by atoms with Crippen LogP contribution in [0.3, 0.4) is 0 Å². The van der Waals surface area contributed by atoms with Crippen molar-refractivity contribution in [3.05, 3.63) is 64.4 Å². The molecule has 0 atom stereocenters. The van der Waals surface area contributed by atoms with Gasteiger partial charge in [-0.3, -0.25) is 4.79 Å². The normalized spacial score (nSPS) is 10.2. The molecule has 0 radical (unpaired) electrons. The van der Waals surface area contributed by atoms with Crippen LogP contribution in [0.15, 0.2) is 42.5 Å². The maximum Gasteiger partial charge on any atom is 0.255 e. The lowest BCUT2D eigenvalue weighted by Gasteiger charge is -2.06. The number of carbonyl (C=O) groups excluding carboxylic acids is 1. The number of aryl methyl sites for hydroxylation is 1. The van der Waals surface area contributed by atoms with Gasteiger partial charge in [-0.25, -0.2) is 4.39 Å². The summed E-state index contributed by atoms with van der Waals surface area (Å²) in [6.45, 7) is 1.88. The Morgan fingerprint density at radius 2 is 1.83 bits per heavy atom. The van der Waals surface area contributed by atoms with Gasteiger partial charge >= 0.3 is 0 Å². The largest absolute Gasteiger partial charge is 0.322 e. The first-order valence-corrected chi connectivity index (χ1v) is 5.77. The smallest absolute Gasteiger partial charge is 0.255 e. The standard InChI is InChI=1S/C14H11ClFNO/c1-9-2-7-12(8-13(9)15)17-14(18)10-3-5-11(16)6-4-10/h2-8H,1H3,(H,17,18). The summed E-state index contributed by atoms with van der Waals surface area (Å²) in [5, 5.41) is 3.29. The fourth-order valence-electron chi connectivity index (χ4n) is 1.48. The average molecular weight is 264 g/mol. The minimum atomic E-state index is -0.370. The van der Waals surface area contributed by atoms with Crippen molar-refractivity contribution in [2.24, 2.45) is 0 Å². The monoisotopic (exact) mass is 263 g/mol. The molecule has 0 aliphatic heterocycles. The average Bonchev–Trinajstić information content (AvgIpc) is 2.34. The Kier molecular flexibility index (Phi) is 3.63. The molecule has 2 aromatic carbocycles. The summed E-state index contributed by atoms with van der Waals surface area (Å²) < 4.78 is 12.7. The van der Waals surface area contributed by atoms with Crippen LogP contribution >= 0.6 is 11.6 Å². The number of carbonyl (C=O) groups is 1. The summed E-state index contributed by atoms with van der Waals surface area (Å²) >= 11 is 5.96. The van der Waals surface area contributed by atoms with Crippen LogP contribution in [0.4, 0.5) is 10.1 Å². The second kappa shape index (κ2) is 5.19. The van der Waals surface area contributed by atoms with E-state index in [2.05, 4.69) is 5.32 Å². The molecule has 0 unspecified atom stereocenters. The van der Waals surface area contributed by atoms with E-state index in [0.29, 0.717) is 16.3 Å². The molecule has 1 amide bonds. The van der Waals surface area contributed by atoms with Crippen molar-refractivity contribution in [2.75, 3.05) is 5.32 Å². The van der Waals surface area contributed by atoms with Crippen molar-refractivity contribution in [2.45, 2.75) is 6.92 Å². The molecule has 2 rings (SSSR count). The lowest BCUT2D eigenvalue weighted by Crippen LogP contribution is -2.11. The van der Waals surface area contributed by atoms with Crippen molar-refractivity contribution in [1.29, 1.82) is 0 Å². The van der Waals surface area contributed by atoms with Crippen LogP contribution in [0.1, 0.15) is 15.9 Å².